The van der Waals surface area contributed by atoms with Gasteiger partial charge in [-0.25, -0.2) is 4.39 Å². The third-order valence-electron chi connectivity index (χ3n) is 4.59. The molecule has 0 amide bonds. The molecule has 0 aliphatic carbocycles. The van der Waals surface area contributed by atoms with Crippen LogP contribution in [0.5, 0.6) is 0 Å². The van der Waals surface area contributed by atoms with Gasteiger partial charge in [0.25, 0.3) is 0 Å². The zero-order valence-corrected chi connectivity index (χ0v) is 15.0. The number of nitrogens with one attached hydrogen (secondary N) is 1. The number of furan rings is 1. The maximum Gasteiger partial charge on any atom is 0.183 e. The minimum absolute atomic E-state index is 0.255. The second-order valence-corrected chi connectivity index (χ2v) is 6.61. The Kier molecular flexibility index (Phi) is 4.93. The van der Waals surface area contributed by atoms with Crippen LogP contribution < -0.4 is 5.32 Å². The molecule has 0 fully saturated rings. The minimum Gasteiger partial charge on any atom is -0.469 e. The molecular formula is C20H20FN5O. The van der Waals surface area contributed by atoms with E-state index >= 15 is 0 Å². The molecule has 0 spiro atoms. The zero-order valence-electron chi connectivity index (χ0n) is 15.0. The van der Waals surface area contributed by atoms with Gasteiger partial charge in [0.2, 0.25) is 0 Å². The molecule has 1 atom stereocenters. The van der Waals surface area contributed by atoms with Crippen LogP contribution in [0, 0.1) is 5.82 Å². The van der Waals surface area contributed by atoms with Gasteiger partial charge in [0, 0.05) is 36.3 Å². The fourth-order valence-electron chi connectivity index (χ4n) is 3.04. The number of aromatic nitrogens is 4. The molecule has 6 nitrogen and oxygen atoms in total. The summed E-state index contributed by atoms with van der Waals surface area (Å²) in [6, 6.07) is 12.7. The van der Waals surface area contributed by atoms with Gasteiger partial charge in [-0.15, -0.1) is 5.10 Å². The predicted octanol–water partition coefficient (Wildman–Crippen LogP) is 3.63. The SMILES string of the molecule is CC(CCc1ccco1)NCc1cc(-c2ccc(F)cc2)cn2nnnc12. The summed E-state index contributed by atoms with van der Waals surface area (Å²) in [6.45, 7) is 2.78. The Morgan fingerprint density at radius 3 is 2.81 bits per heavy atom. The van der Waals surface area contributed by atoms with E-state index in [0.29, 0.717) is 18.2 Å². The lowest BCUT2D eigenvalue weighted by atomic mass is 10.1. The van der Waals surface area contributed by atoms with Gasteiger partial charge in [0.15, 0.2) is 5.65 Å². The molecule has 4 rings (SSSR count). The number of hydrogen-bond acceptors (Lipinski definition) is 5. The highest BCUT2D eigenvalue weighted by atomic mass is 19.1. The Morgan fingerprint density at radius 2 is 2.04 bits per heavy atom. The highest BCUT2D eigenvalue weighted by molar-refractivity contribution is 5.66. The summed E-state index contributed by atoms with van der Waals surface area (Å²) in [7, 11) is 0. The second kappa shape index (κ2) is 7.67. The van der Waals surface area contributed by atoms with Crippen molar-refractivity contribution < 1.29 is 8.81 Å². The summed E-state index contributed by atoms with van der Waals surface area (Å²) in [4.78, 5) is 0. The van der Waals surface area contributed by atoms with Crippen LogP contribution in [-0.4, -0.2) is 26.1 Å². The summed E-state index contributed by atoms with van der Waals surface area (Å²) < 4.78 is 20.3. The van der Waals surface area contributed by atoms with Gasteiger partial charge in [-0.1, -0.05) is 12.1 Å². The van der Waals surface area contributed by atoms with Crippen LogP contribution in [0.1, 0.15) is 24.7 Å². The molecule has 1 unspecified atom stereocenters. The first-order chi connectivity index (χ1) is 13.2. The van der Waals surface area contributed by atoms with Crippen LogP contribution in [0.15, 0.2) is 59.3 Å². The Labute approximate surface area is 156 Å². The van der Waals surface area contributed by atoms with E-state index in [1.807, 2.05) is 24.4 Å². The zero-order chi connectivity index (χ0) is 18.6. The second-order valence-electron chi connectivity index (χ2n) is 6.61. The number of nitrogens with zero attached hydrogens (tertiary/aromatic N) is 4. The van der Waals surface area contributed by atoms with Crippen molar-refractivity contribution in [2.75, 3.05) is 0 Å². The molecule has 0 saturated carbocycles. The van der Waals surface area contributed by atoms with Crippen molar-refractivity contribution in [2.45, 2.75) is 32.4 Å². The van der Waals surface area contributed by atoms with Crippen LogP contribution in [0.3, 0.4) is 0 Å². The molecule has 1 N–H and O–H groups in total. The number of benzene rings is 1. The van der Waals surface area contributed by atoms with Crippen LogP contribution in [-0.2, 0) is 13.0 Å². The lowest BCUT2D eigenvalue weighted by Crippen LogP contribution is -2.26. The van der Waals surface area contributed by atoms with Crippen LogP contribution in [0.2, 0.25) is 0 Å². The average molecular weight is 365 g/mol. The van der Waals surface area contributed by atoms with Gasteiger partial charge in [0.05, 0.1) is 6.26 Å². The topological polar surface area (TPSA) is 68.2 Å². The summed E-state index contributed by atoms with van der Waals surface area (Å²) in [5.41, 5.74) is 3.56. The first-order valence-electron chi connectivity index (χ1n) is 8.91. The van der Waals surface area contributed by atoms with Crippen molar-refractivity contribution in [3.05, 3.63) is 72.1 Å². The van der Waals surface area contributed by atoms with Crippen molar-refractivity contribution in [2.24, 2.45) is 0 Å². The summed E-state index contributed by atoms with van der Waals surface area (Å²) in [5, 5.41) is 15.4. The van der Waals surface area contributed by atoms with E-state index in [1.165, 1.54) is 12.1 Å². The first-order valence-corrected chi connectivity index (χ1v) is 8.91. The highest BCUT2D eigenvalue weighted by Gasteiger charge is 2.11. The third-order valence-corrected chi connectivity index (χ3v) is 4.59. The Hall–Kier alpha value is -3.06. The van der Waals surface area contributed by atoms with Crippen molar-refractivity contribution in [3.63, 3.8) is 0 Å². The molecule has 0 radical (unpaired) electrons. The molecular weight excluding hydrogens is 345 g/mol. The quantitative estimate of drug-likeness (QED) is 0.542. The van der Waals surface area contributed by atoms with E-state index in [0.717, 1.165) is 35.3 Å². The number of fused-ring (bicyclic) bond motifs is 1. The number of halogens is 1. The molecule has 1 aromatic carbocycles. The Bertz CT molecular complexity index is 1010. The van der Waals surface area contributed by atoms with Gasteiger partial charge in [0.1, 0.15) is 11.6 Å². The lowest BCUT2D eigenvalue weighted by molar-refractivity contribution is 0.460. The van der Waals surface area contributed by atoms with Crippen molar-refractivity contribution >= 4 is 5.65 Å². The largest absolute Gasteiger partial charge is 0.469 e. The maximum atomic E-state index is 13.2. The minimum atomic E-state index is -0.255. The number of rotatable bonds is 7. The summed E-state index contributed by atoms with van der Waals surface area (Å²) >= 11 is 0. The lowest BCUT2D eigenvalue weighted by Gasteiger charge is -2.14. The number of pyridine rings is 1. The fourth-order valence-corrected chi connectivity index (χ4v) is 3.04. The molecule has 4 aromatic rings. The maximum absolute atomic E-state index is 13.2. The average Bonchev–Trinajstić information content (AvgIpc) is 3.36. The molecule has 7 heteroatoms. The normalized spacial score (nSPS) is 12.5. The molecule has 0 aliphatic heterocycles. The number of aryl methyl sites for hydroxylation is 1. The van der Waals surface area contributed by atoms with E-state index in [-0.39, 0.29) is 5.82 Å². The van der Waals surface area contributed by atoms with E-state index in [9.17, 15) is 4.39 Å². The van der Waals surface area contributed by atoms with Crippen LogP contribution >= 0.6 is 0 Å². The van der Waals surface area contributed by atoms with E-state index in [4.69, 9.17) is 4.42 Å². The Balaban J connectivity index is 1.50. The third kappa shape index (κ3) is 4.03. The fraction of sp³-hybridized carbons (Fsp3) is 0.250. The molecule has 0 bridgehead atoms. The molecule has 27 heavy (non-hydrogen) atoms. The van der Waals surface area contributed by atoms with Crippen molar-refractivity contribution in [1.82, 2.24) is 25.4 Å². The monoisotopic (exact) mass is 365 g/mol. The first kappa shape index (κ1) is 17.4. The van der Waals surface area contributed by atoms with Gasteiger partial charge < -0.3 is 9.73 Å². The highest BCUT2D eigenvalue weighted by Crippen LogP contribution is 2.22. The summed E-state index contributed by atoms with van der Waals surface area (Å²) in [6.07, 6.45) is 5.40. The molecule has 138 valence electrons. The number of hydrogen-bond donors (Lipinski definition) is 1. The number of tetrazole rings is 1. The van der Waals surface area contributed by atoms with E-state index in [1.54, 1.807) is 22.9 Å². The smallest absolute Gasteiger partial charge is 0.183 e. The van der Waals surface area contributed by atoms with Crippen molar-refractivity contribution in [1.29, 1.82) is 0 Å². The van der Waals surface area contributed by atoms with Crippen molar-refractivity contribution in [3.8, 4) is 11.1 Å². The molecule has 3 heterocycles. The van der Waals surface area contributed by atoms with Gasteiger partial charge in [-0.2, -0.15) is 4.52 Å². The molecule has 0 saturated heterocycles. The Morgan fingerprint density at radius 1 is 1.19 bits per heavy atom. The van der Waals surface area contributed by atoms with E-state index < -0.39 is 0 Å². The van der Waals surface area contributed by atoms with E-state index in [2.05, 4.69) is 27.8 Å². The van der Waals surface area contributed by atoms with Gasteiger partial charge >= 0.3 is 0 Å². The summed E-state index contributed by atoms with van der Waals surface area (Å²) in [5.74, 6) is 0.737. The molecule has 3 aromatic heterocycles. The van der Waals surface area contributed by atoms with Gasteiger partial charge in [-0.3, -0.25) is 0 Å². The van der Waals surface area contributed by atoms with Crippen LogP contribution in [0.4, 0.5) is 4.39 Å². The molecule has 0 aliphatic rings. The van der Waals surface area contributed by atoms with Crippen LogP contribution in [0.25, 0.3) is 16.8 Å². The van der Waals surface area contributed by atoms with Gasteiger partial charge in [-0.05, 0) is 59.7 Å². The standard InChI is InChI=1S/C20H20FN5O/c1-14(4-9-19-3-2-10-27-19)22-12-16-11-17(13-26-20(16)23-24-25-26)15-5-7-18(21)8-6-15/h2-3,5-8,10-11,13-14,22H,4,9,12H2,1H3. The predicted molar refractivity (Wildman–Crippen MR) is 99.5 cm³/mol.